The van der Waals surface area contributed by atoms with Crippen LogP contribution in [0.4, 0.5) is 17.1 Å². The summed E-state index contributed by atoms with van der Waals surface area (Å²) in [5.41, 5.74) is 0.707. The molecule has 1 heterocycles. The first-order chi connectivity index (χ1) is 12.0. The fraction of sp³-hybridized carbons (Fsp3) is 0.125. The van der Waals surface area contributed by atoms with E-state index in [4.69, 9.17) is 0 Å². The van der Waals surface area contributed by atoms with Gasteiger partial charge in [0.25, 0.3) is 11.6 Å². The quantitative estimate of drug-likeness (QED) is 0.522. The molecular weight excluding hydrogens is 326 g/mol. The zero-order valence-corrected chi connectivity index (χ0v) is 13.1. The molecule has 2 aromatic carbocycles. The maximum absolute atomic E-state index is 12.5. The number of azo groups is 1. The number of nitro groups is 1. The van der Waals surface area contributed by atoms with E-state index in [1.165, 1.54) is 5.01 Å². The molecule has 9 nitrogen and oxygen atoms in total. The van der Waals surface area contributed by atoms with Crippen molar-refractivity contribution in [1.29, 1.82) is 0 Å². The number of hydrazone groups is 1. The zero-order valence-electron chi connectivity index (χ0n) is 13.1. The van der Waals surface area contributed by atoms with E-state index in [-0.39, 0.29) is 17.1 Å². The van der Waals surface area contributed by atoms with Crippen LogP contribution in [0.3, 0.4) is 0 Å². The minimum atomic E-state index is -0.945. The van der Waals surface area contributed by atoms with Gasteiger partial charge < -0.3 is 5.11 Å². The highest BCUT2D eigenvalue weighted by molar-refractivity contribution is 6.18. The van der Waals surface area contributed by atoms with Gasteiger partial charge in [0.05, 0.1) is 16.3 Å². The maximum Gasteiger partial charge on any atom is 0.280 e. The van der Waals surface area contributed by atoms with Gasteiger partial charge in [-0.05, 0) is 25.1 Å². The van der Waals surface area contributed by atoms with Crippen LogP contribution in [0, 0.1) is 10.1 Å². The highest BCUT2D eigenvalue weighted by Crippen LogP contribution is 2.31. The molecule has 0 saturated carbocycles. The largest absolute Gasteiger partial charge is 0.506 e. The van der Waals surface area contributed by atoms with Crippen LogP contribution in [-0.2, 0) is 4.79 Å². The fourth-order valence-corrected chi connectivity index (χ4v) is 2.27. The molecule has 0 saturated heterocycles. The summed E-state index contributed by atoms with van der Waals surface area (Å²) >= 11 is 0. The predicted octanol–water partition coefficient (Wildman–Crippen LogP) is 3.18. The van der Waals surface area contributed by atoms with E-state index in [9.17, 15) is 20.0 Å². The first kappa shape index (κ1) is 16.2. The topological polar surface area (TPSA) is 121 Å². The lowest BCUT2D eigenvalue weighted by atomic mass is 10.2. The average Bonchev–Trinajstić information content (AvgIpc) is 2.89. The van der Waals surface area contributed by atoms with Gasteiger partial charge in [0.2, 0.25) is 0 Å². The molecule has 1 amide bonds. The number of nitrogens with zero attached hydrogens (tertiary/aromatic N) is 5. The number of rotatable bonds is 4. The van der Waals surface area contributed by atoms with Gasteiger partial charge in [-0.25, -0.2) is 0 Å². The van der Waals surface area contributed by atoms with Crippen LogP contribution in [0.2, 0.25) is 0 Å². The summed E-state index contributed by atoms with van der Waals surface area (Å²) in [7, 11) is 0. The second-order valence-corrected chi connectivity index (χ2v) is 5.28. The standard InChI is InChI=1S/C16H13N5O4/c1-10-15(16(23)20(19-10)11-5-3-2-4-6-11)18-17-13-9-12(21(24)25)7-8-14(13)22/h2-9,15,22H,1H3/t15-/m1/s1. The Kier molecular flexibility index (Phi) is 4.21. The van der Waals surface area contributed by atoms with Crippen molar-refractivity contribution in [3.05, 3.63) is 58.6 Å². The molecule has 9 heteroatoms. The van der Waals surface area contributed by atoms with Crippen LogP contribution >= 0.6 is 0 Å². The molecule has 0 unspecified atom stereocenters. The molecule has 2 aromatic rings. The fourth-order valence-electron chi connectivity index (χ4n) is 2.27. The van der Waals surface area contributed by atoms with Gasteiger partial charge in [-0.1, -0.05) is 18.2 Å². The van der Waals surface area contributed by atoms with Crippen molar-refractivity contribution in [2.75, 3.05) is 5.01 Å². The molecule has 0 aromatic heterocycles. The summed E-state index contributed by atoms with van der Waals surface area (Å²) in [4.78, 5) is 22.7. The minimum absolute atomic E-state index is 0.0899. The van der Waals surface area contributed by atoms with Gasteiger partial charge in [0.15, 0.2) is 6.04 Å². The highest BCUT2D eigenvalue weighted by Gasteiger charge is 2.34. The minimum Gasteiger partial charge on any atom is -0.506 e. The molecule has 126 valence electrons. The third-order valence-corrected chi connectivity index (χ3v) is 3.55. The summed E-state index contributed by atoms with van der Waals surface area (Å²) < 4.78 is 0. The summed E-state index contributed by atoms with van der Waals surface area (Å²) in [6, 6.07) is 11.3. The van der Waals surface area contributed by atoms with Gasteiger partial charge in [-0.15, -0.1) is 0 Å². The molecule has 0 bridgehead atoms. The summed E-state index contributed by atoms with van der Waals surface area (Å²) in [6.45, 7) is 1.64. The zero-order chi connectivity index (χ0) is 18.0. The van der Waals surface area contributed by atoms with E-state index >= 15 is 0 Å². The first-order valence-corrected chi connectivity index (χ1v) is 7.30. The highest BCUT2D eigenvalue weighted by atomic mass is 16.6. The maximum atomic E-state index is 12.5. The molecule has 0 spiro atoms. The second kappa shape index (κ2) is 6.48. The van der Waals surface area contributed by atoms with Crippen LogP contribution < -0.4 is 5.01 Å². The van der Waals surface area contributed by atoms with Crippen molar-refractivity contribution in [3.63, 3.8) is 0 Å². The number of phenolic OH excluding ortho intramolecular Hbond substituents is 1. The number of hydrogen-bond acceptors (Lipinski definition) is 7. The lowest BCUT2D eigenvalue weighted by Gasteiger charge is -2.11. The number of anilines is 1. The number of aromatic hydroxyl groups is 1. The van der Waals surface area contributed by atoms with E-state index in [1.54, 1.807) is 31.2 Å². The Labute approximate surface area is 142 Å². The molecule has 25 heavy (non-hydrogen) atoms. The number of carbonyl (C=O) groups excluding carboxylic acids is 1. The molecule has 0 radical (unpaired) electrons. The molecule has 1 atom stereocenters. The van der Waals surface area contributed by atoms with E-state index in [0.717, 1.165) is 18.2 Å². The van der Waals surface area contributed by atoms with Gasteiger partial charge in [-0.3, -0.25) is 14.9 Å². The Morgan fingerprint density at radius 2 is 1.96 bits per heavy atom. The number of phenols is 1. The van der Waals surface area contributed by atoms with Gasteiger partial charge in [-0.2, -0.15) is 20.3 Å². The summed E-state index contributed by atoms with van der Waals surface area (Å²) in [6.07, 6.45) is 0. The Bertz CT molecular complexity index is 895. The Morgan fingerprint density at radius 1 is 1.24 bits per heavy atom. The van der Waals surface area contributed by atoms with Crippen LogP contribution in [0.1, 0.15) is 6.92 Å². The normalized spacial score (nSPS) is 17.2. The van der Waals surface area contributed by atoms with Crippen LogP contribution in [-0.4, -0.2) is 27.7 Å². The predicted molar refractivity (Wildman–Crippen MR) is 90.1 cm³/mol. The van der Waals surface area contributed by atoms with Crippen molar-refractivity contribution < 1.29 is 14.8 Å². The number of amides is 1. The van der Waals surface area contributed by atoms with E-state index in [2.05, 4.69) is 15.3 Å². The number of hydrogen-bond donors (Lipinski definition) is 1. The van der Waals surface area contributed by atoms with Gasteiger partial charge in [0, 0.05) is 12.1 Å². The number of nitro benzene ring substituents is 1. The van der Waals surface area contributed by atoms with E-state index in [0.29, 0.717) is 11.4 Å². The number of para-hydroxylation sites is 1. The molecule has 0 aliphatic carbocycles. The van der Waals surface area contributed by atoms with Crippen molar-refractivity contribution in [1.82, 2.24) is 0 Å². The lowest BCUT2D eigenvalue weighted by molar-refractivity contribution is -0.384. The second-order valence-electron chi connectivity index (χ2n) is 5.28. The van der Waals surface area contributed by atoms with Gasteiger partial charge in [0.1, 0.15) is 11.4 Å². The van der Waals surface area contributed by atoms with Crippen molar-refractivity contribution in [3.8, 4) is 5.75 Å². The van der Waals surface area contributed by atoms with Crippen LogP contribution in [0.15, 0.2) is 63.9 Å². The molecule has 3 rings (SSSR count). The van der Waals surface area contributed by atoms with Crippen LogP contribution in [0.5, 0.6) is 5.75 Å². The van der Waals surface area contributed by atoms with Crippen molar-refractivity contribution in [2.45, 2.75) is 13.0 Å². The van der Waals surface area contributed by atoms with Gasteiger partial charge >= 0.3 is 0 Å². The van der Waals surface area contributed by atoms with E-state index < -0.39 is 16.9 Å². The summed E-state index contributed by atoms with van der Waals surface area (Å²) in [5.74, 6) is -0.660. The summed E-state index contributed by atoms with van der Waals surface area (Å²) in [5, 5.41) is 33.7. The Balaban J connectivity index is 1.85. The monoisotopic (exact) mass is 339 g/mol. The number of benzene rings is 2. The van der Waals surface area contributed by atoms with E-state index in [1.807, 2.05) is 6.07 Å². The van der Waals surface area contributed by atoms with Crippen molar-refractivity contribution in [2.24, 2.45) is 15.3 Å². The third-order valence-electron chi connectivity index (χ3n) is 3.55. The first-order valence-electron chi connectivity index (χ1n) is 7.30. The number of non-ortho nitro benzene ring substituents is 1. The molecule has 1 N–H and O–H groups in total. The number of carbonyl (C=O) groups is 1. The molecule has 0 fully saturated rings. The third kappa shape index (κ3) is 3.20. The van der Waals surface area contributed by atoms with Crippen molar-refractivity contribution >= 4 is 28.7 Å². The lowest BCUT2D eigenvalue weighted by Crippen LogP contribution is -2.29. The molecular formula is C16H13N5O4. The van der Waals surface area contributed by atoms with Crippen LogP contribution in [0.25, 0.3) is 0 Å². The molecule has 1 aliphatic heterocycles. The average molecular weight is 339 g/mol. The SMILES string of the molecule is CC1=NN(c2ccccc2)C(=O)[C@@H]1N=Nc1cc([N+](=O)[O-])ccc1O. The Hall–Kier alpha value is -3.62. The smallest absolute Gasteiger partial charge is 0.280 e. The Morgan fingerprint density at radius 3 is 2.64 bits per heavy atom. The molecule has 1 aliphatic rings.